The third-order valence-corrected chi connectivity index (χ3v) is 3.43. The van der Waals surface area contributed by atoms with Gasteiger partial charge in [-0.25, -0.2) is 4.79 Å². The number of hydrogen-bond donors (Lipinski definition) is 1. The molecule has 1 fully saturated rings. The Morgan fingerprint density at radius 1 is 1.33 bits per heavy atom. The number of amidine groups is 1. The van der Waals surface area contributed by atoms with Crippen LogP contribution in [0.1, 0.15) is 11.1 Å². The van der Waals surface area contributed by atoms with Gasteiger partial charge in [-0.1, -0.05) is 29.8 Å². The molecule has 1 N–H and O–H groups in total. The Balaban J connectivity index is 2.03. The molecular formula is C14H13N3O3S. The van der Waals surface area contributed by atoms with Gasteiger partial charge in [0.1, 0.15) is 0 Å². The van der Waals surface area contributed by atoms with Crippen LogP contribution < -0.4 is 5.32 Å². The molecule has 0 radical (unpaired) electrons. The highest BCUT2D eigenvalue weighted by Crippen LogP contribution is 2.23. The molecule has 1 aromatic rings. The molecule has 0 aliphatic carbocycles. The van der Waals surface area contributed by atoms with Crippen LogP contribution >= 0.6 is 11.8 Å². The van der Waals surface area contributed by atoms with Crippen molar-refractivity contribution in [1.29, 1.82) is 0 Å². The van der Waals surface area contributed by atoms with E-state index in [1.807, 2.05) is 31.2 Å². The van der Waals surface area contributed by atoms with E-state index in [0.717, 1.165) is 29.0 Å². The van der Waals surface area contributed by atoms with E-state index in [2.05, 4.69) is 20.3 Å². The molecule has 1 aliphatic rings. The molecule has 7 heteroatoms. The average molecular weight is 303 g/mol. The maximum Gasteiger partial charge on any atom is 0.331 e. The summed E-state index contributed by atoms with van der Waals surface area (Å²) in [5.74, 6) is -0.980. The Hall–Kier alpha value is -2.41. The quantitative estimate of drug-likeness (QED) is 0.398. The highest BCUT2D eigenvalue weighted by molar-refractivity contribution is 8.18. The van der Waals surface area contributed by atoms with Crippen molar-refractivity contribution in [3.8, 4) is 0 Å². The predicted molar refractivity (Wildman–Crippen MR) is 82.0 cm³/mol. The molecular weight excluding hydrogens is 290 g/mol. The van der Waals surface area contributed by atoms with Gasteiger partial charge in [-0.05, 0) is 24.2 Å². The van der Waals surface area contributed by atoms with E-state index in [-0.39, 0.29) is 4.91 Å². The first-order valence-electron chi connectivity index (χ1n) is 6.05. The summed E-state index contributed by atoms with van der Waals surface area (Å²) < 4.78 is 4.47. The van der Waals surface area contributed by atoms with E-state index in [1.165, 1.54) is 7.11 Å². The number of amides is 1. The van der Waals surface area contributed by atoms with Crippen molar-refractivity contribution in [1.82, 2.24) is 5.32 Å². The number of hydrogen-bond acceptors (Lipinski definition) is 6. The van der Waals surface area contributed by atoms with Crippen molar-refractivity contribution in [2.45, 2.75) is 6.92 Å². The van der Waals surface area contributed by atoms with Gasteiger partial charge in [-0.15, -0.1) is 5.10 Å². The third-order valence-electron chi connectivity index (χ3n) is 2.53. The van der Waals surface area contributed by atoms with Gasteiger partial charge < -0.3 is 4.74 Å². The Kier molecular flexibility index (Phi) is 4.89. The van der Waals surface area contributed by atoms with Crippen LogP contribution in [0.2, 0.25) is 0 Å². The zero-order chi connectivity index (χ0) is 15.2. The zero-order valence-electron chi connectivity index (χ0n) is 11.5. The van der Waals surface area contributed by atoms with Gasteiger partial charge in [-0.2, -0.15) is 5.10 Å². The molecule has 0 saturated carbocycles. The van der Waals surface area contributed by atoms with E-state index in [9.17, 15) is 9.59 Å². The number of carbonyl (C=O) groups excluding carboxylic acids is 2. The van der Waals surface area contributed by atoms with Crippen molar-refractivity contribution in [3.05, 3.63) is 46.4 Å². The summed E-state index contributed by atoms with van der Waals surface area (Å²) in [6.07, 6.45) is 2.70. The first-order valence-corrected chi connectivity index (χ1v) is 6.86. The second-order valence-corrected chi connectivity index (χ2v) is 5.18. The van der Waals surface area contributed by atoms with Gasteiger partial charge in [0.05, 0.1) is 18.2 Å². The van der Waals surface area contributed by atoms with Crippen molar-refractivity contribution in [3.63, 3.8) is 0 Å². The van der Waals surface area contributed by atoms with Gasteiger partial charge in [0, 0.05) is 6.08 Å². The first-order chi connectivity index (χ1) is 10.1. The number of nitrogens with zero attached hydrogens (tertiary/aromatic N) is 2. The number of thioether (sulfide) groups is 1. The van der Waals surface area contributed by atoms with Crippen LogP contribution in [-0.2, 0) is 14.3 Å². The van der Waals surface area contributed by atoms with Crippen LogP contribution in [0.5, 0.6) is 0 Å². The normalized spacial score (nSPS) is 18.5. The summed E-state index contributed by atoms with van der Waals surface area (Å²) in [7, 11) is 1.25. The van der Waals surface area contributed by atoms with Crippen LogP contribution in [-0.4, -0.2) is 30.4 Å². The molecule has 0 unspecified atom stereocenters. The molecule has 1 aliphatic heterocycles. The number of ether oxygens (including phenoxy) is 1. The highest BCUT2D eigenvalue weighted by atomic mass is 32.2. The molecule has 0 aromatic heterocycles. The summed E-state index contributed by atoms with van der Waals surface area (Å²) in [5.41, 5.74) is 2.07. The second-order valence-electron chi connectivity index (χ2n) is 4.15. The predicted octanol–water partition coefficient (Wildman–Crippen LogP) is 1.60. The fourth-order valence-electron chi connectivity index (χ4n) is 1.44. The van der Waals surface area contributed by atoms with Crippen LogP contribution in [0.4, 0.5) is 0 Å². The smallest absolute Gasteiger partial charge is 0.331 e. The molecule has 1 aromatic carbocycles. The zero-order valence-corrected chi connectivity index (χ0v) is 12.3. The average Bonchev–Trinajstić information content (AvgIpc) is 2.81. The maximum absolute atomic E-state index is 11.6. The van der Waals surface area contributed by atoms with Crippen LogP contribution in [0.25, 0.3) is 0 Å². The van der Waals surface area contributed by atoms with E-state index < -0.39 is 11.9 Å². The van der Waals surface area contributed by atoms with Crippen molar-refractivity contribution >= 4 is 35.0 Å². The van der Waals surface area contributed by atoms with Gasteiger partial charge in [-0.3, -0.25) is 10.1 Å². The van der Waals surface area contributed by atoms with Crippen molar-refractivity contribution < 1.29 is 14.3 Å². The molecule has 1 saturated heterocycles. The Labute approximate surface area is 126 Å². The molecule has 1 heterocycles. The van der Waals surface area contributed by atoms with Crippen molar-refractivity contribution in [2.24, 2.45) is 10.2 Å². The molecule has 0 atom stereocenters. The number of nitrogens with one attached hydrogen (secondary N) is 1. The molecule has 2 rings (SSSR count). The minimum atomic E-state index is -0.586. The molecule has 6 nitrogen and oxygen atoms in total. The van der Waals surface area contributed by atoms with E-state index in [4.69, 9.17) is 0 Å². The van der Waals surface area contributed by atoms with Crippen molar-refractivity contribution in [2.75, 3.05) is 7.11 Å². The third kappa shape index (κ3) is 4.28. The number of rotatable bonds is 3. The van der Waals surface area contributed by atoms with Crippen LogP contribution in [0.3, 0.4) is 0 Å². The lowest BCUT2D eigenvalue weighted by atomic mass is 10.2. The molecule has 21 heavy (non-hydrogen) atoms. The number of methoxy groups -OCH3 is 1. The van der Waals surface area contributed by atoms with E-state index >= 15 is 0 Å². The topological polar surface area (TPSA) is 80.1 Å². The minimum absolute atomic E-state index is 0.228. The molecule has 0 spiro atoms. The van der Waals surface area contributed by atoms with Gasteiger partial charge in [0.15, 0.2) is 5.17 Å². The number of aryl methyl sites for hydroxylation is 1. The van der Waals surface area contributed by atoms with E-state index in [0.29, 0.717) is 5.17 Å². The molecule has 108 valence electrons. The lowest BCUT2D eigenvalue weighted by Gasteiger charge is -1.93. The fourth-order valence-corrected chi connectivity index (χ4v) is 2.18. The van der Waals surface area contributed by atoms with E-state index in [1.54, 1.807) is 6.21 Å². The number of esters is 1. The highest BCUT2D eigenvalue weighted by Gasteiger charge is 2.24. The number of benzene rings is 1. The monoisotopic (exact) mass is 303 g/mol. The summed E-state index contributed by atoms with van der Waals surface area (Å²) >= 11 is 1.04. The first kappa shape index (κ1) is 15.0. The summed E-state index contributed by atoms with van der Waals surface area (Å²) in [4.78, 5) is 22.9. The fraction of sp³-hybridized carbons (Fsp3) is 0.143. The maximum atomic E-state index is 11.6. The lowest BCUT2D eigenvalue weighted by molar-refractivity contribution is -0.135. The summed E-state index contributed by atoms with van der Waals surface area (Å²) in [6, 6.07) is 7.78. The summed E-state index contributed by atoms with van der Waals surface area (Å²) in [5, 5.41) is 10.6. The van der Waals surface area contributed by atoms with Crippen LogP contribution in [0.15, 0.2) is 45.4 Å². The van der Waals surface area contributed by atoms with Gasteiger partial charge in [0.25, 0.3) is 5.91 Å². The Morgan fingerprint density at radius 3 is 2.71 bits per heavy atom. The molecule has 1 amide bonds. The minimum Gasteiger partial charge on any atom is -0.466 e. The number of carbonyl (C=O) groups is 2. The Morgan fingerprint density at radius 2 is 2.05 bits per heavy atom. The summed E-state index contributed by atoms with van der Waals surface area (Å²) in [6.45, 7) is 2.00. The van der Waals surface area contributed by atoms with Gasteiger partial charge in [0.2, 0.25) is 0 Å². The lowest BCUT2D eigenvalue weighted by Crippen LogP contribution is -2.19. The SMILES string of the molecule is COC(=O)/C=C1\S/C(=N/N=C\c2ccc(C)cc2)NC1=O. The van der Waals surface area contributed by atoms with Gasteiger partial charge >= 0.3 is 5.97 Å². The molecule has 0 bridgehead atoms. The largest absolute Gasteiger partial charge is 0.466 e. The Bertz CT molecular complexity index is 648. The van der Waals surface area contributed by atoms with Crippen LogP contribution in [0, 0.1) is 6.92 Å². The second kappa shape index (κ2) is 6.85. The standard InChI is InChI=1S/C14H13N3O3S/c1-9-3-5-10(6-4-9)8-15-17-14-16-13(19)11(21-14)7-12(18)20-2/h3-8H,1-2H3,(H,16,17,19)/b11-7-,15-8-.